The summed E-state index contributed by atoms with van der Waals surface area (Å²) in [7, 11) is -3.78. The monoisotopic (exact) mass is 162 g/mol. The molecule has 1 amide bonds. The predicted octanol–water partition coefficient (Wildman–Crippen LogP) is -1.12. The Hall–Kier alpha value is -1.11. The van der Waals surface area contributed by atoms with Crippen LogP contribution in [0.15, 0.2) is 9.63 Å². The Balaban J connectivity index is 3.12. The van der Waals surface area contributed by atoms with Crippen LogP contribution in [0, 0.1) is 0 Å². The van der Waals surface area contributed by atoms with Crippen LogP contribution in [0.3, 0.4) is 0 Å². The minimum atomic E-state index is -3.78. The lowest BCUT2D eigenvalue weighted by Gasteiger charge is -1.97. The first-order chi connectivity index (χ1) is 4.51. The Bertz CT molecular complexity index is 313. The molecule has 1 aliphatic rings. The molecule has 0 aromatic heterocycles. The second kappa shape index (κ2) is 1.94. The molecular formula is C3H2N2O4S. The topological polar surface area (TPSA) is 93.0 Å². The fourth-order valence-corrected chi connectivity index (χ4v) is 1.12. The van der Waals surface area contributed by atoms with E-state index in [-0.39, 0.29) is 0 Å². The van der Waals surface area contributed by atoms with Gasteiger partial charge in [0.15, 0.2) is 0 Å². The lowest BCUT2D eigenvalue weighted by atomic mass is 10.4. The molecule has 6 nitrogen and oxygen atoms in total. The smallest absolute Gasteiger partial charge is 0.287 e. The molecule has 0 bridgehead atoms. The number of hydrogen-bond acceptors (Lipinski definition) is 4. The molecule has 0 fully saturated rings. The number of ketones is 1. The van der Waals surface area contributed by atoms with E-state index >= 15 is 0 Å². The Kier molecular flexibility index (Phi) is 1.36. The molecular weight excluding hydrogens is 160 g/mol. The molecule has 1 aliphatic heterocycles. The summed E-state index contributed by atoms with van der Waals surface area (Å²) in [6.45, 7) is 0. The normalized spacial score (nSPS) is 23.2. The van der Waals surface area contributed by atoms with Crippen molar-refractivity contribution in [3.05, 3.63) is 0 Å². The average Bonchev–Trinajstić information content (AvgIpc) is 1.79. The number of carbonyl (C=O) groups excluding carboxylic acids is 2. The van der Waals surface area contributed by atoms with Crippen LogP contribution in [0.4, 0.5) is 0 Å². The molecule has 0 atom stereocenters. The van der Waals surface area contributed by atoms with E-state index in [0.29, 0.717) is 0 Å². The maximum absolute atomic E-state index is 10.4. The highest BCUT2D eigenvalue weighted by atomic mass is 32.2. The predicted molar refractivity (Wildman–Crippen MR) is 28.7 cm³/mol. The van der Waals surface area contributed by atoms with Gasteiger partial charge in [-0.25, -0.2) is 8.42 Å². The van der Waals surface area contributed by atoms with Crippen LogP contribution in [-0.2, 0) is 19.6 Å². The molecule has 0 aromatic rings. The van der Waals surface area contributed by atoms with Crippen molar-refractivity contribution in [2.24, 2.45) is 9.63 Å². The third kappa shape index (κ3) is 1.24. The van der Waals surface area contributed by atoms with Gasteiger partial charge in [-0.2, -0.15) is 0 Å². The van der Waals surface area contributed by atoms with Gasteiger partial charge in [-0.15, -0.1) is 0 Å². The first-order valence-electron chi connectivity index (χ1n) is 2.24. The van der Waals surface area contributed by atoms with Gasteiger partial charge in [0.25, 0.3) is 10.0 Å². The average molecular weight is 162 g/mol. The molecule has 0 saturated carbocycles. The van der Waals surface area contributed by atoms with Gasteiger partial charge in [0, 0.05) is 0 Å². The molecule has 1 heterocycles. The zero-order valence-corrected chi connectivity index (χ0v) is 5.46. The second-order valence-electron chi connectivity index (χ2n) is 1.64. The van der Waals surface area contributed by atoms with Crippen LogP contribution in [-0.4, -0.2) is 25.9 Å². The Morgan fingerprint density at radius 1 is 1.30 bits per heavy atom. The molecule has 0 aromatic carbocycles. The van der Waals surface area contributed by atoms with Crippen LogP contribution in [0.2, 0.25) is 0 Å². The lowest BCUT2D eigenvalue weighted by Crippen LogP contribution is -2.24. The quantitative estimate of drug-likeness (QED) is 0.421. The molecule has 7 heteroatoms. The van der Waals surface area contributed by atoms with Crippen molar-refractivity contribution in [3.8, 4) is 0 Å². The third-order valence-electron chi connectivity index (χ3n) is 0.808. The van der Waals surface area contributed by atoms with Crippen molar-refractivity contribution in [2.45, 2.75) is 0 Å². The number of carbonyl (C=O) groups is 2. The number of rotatable bonds is 0. The number of nitrogens with zero attached hydrogens (tertiary/aromatic N) is 2. The van der Waals surface area contributed by atoms with Gasteiger partial charge in [-0.1, -0.05) is 9.63 Å². The van der Waals surface area contributed by atoms with E-state index in [0.717, 1.165) is 0 Å². The summed E-state index contributed by atoms with van der Waals surface area (Å²) in [6.07, 6.45) is 0. The summed E-state index contributed by atoms with van der Waals surface area (Å²) in [5.41, 5.74) is 0. The van der Waals surface area contributed by atoms with Crippen LogP contribution in [0.25, 0.3) is 0 Å². The summed E-state index contributed by atoms with van der Waals surface area (Å²) in [6, 6.07) is 0. The van der Waals surface area contributed by atoms with Gasteiger partial charge >= 0.3 is 5.91 Å². The number of Topliss-reactive ketones (excluding diaryl/α,β-unsaturated/α-hetero) is 1. The van der Waals surface area contributed by atoms with Crippen LogP contribution < -0.4 is 0 Å². The van der Waals surface area contributed by atoms with Gasteiger partial charge in [0.05, 0.1) is 0 Å². The summed E-state index contributed by atoms with van der Waals surface area (Å²) in [4.78, 5) is 20.5. The largest absolute Gasteiger partial charge is 0.333 e. The standard InChI is InChI=1S/C3H2N2O4S/c6-2-1-10(8,9)5-4-3(2)7/h1H2. The second-order valence-corrected chi connectivity index (χ2v) is 3.25. The van der Waals surface area contributed by atoms with Crippen LogP contribution in [0.1, 0.15) is 0 Å². The maximum Gasteiger partial charge on any atom is 0.333 e. The van der Waals surface area contributed by atoms with Gasteiger partial charge in [0.1, 0.15) is 5.75 Å². The van der Waals surface area contributed by atoms with Crippen molar-refractivity contribution in [3.63, 3.8) is 0 Å². The molecule has 0 saturated heterocycles. The SMILES string of the molecule is O=C1CS(=O)(=O)N=NC1=O. The lowest BCUT2D eigenvalue weighted by molar-refractivity contribution is -0.134. The molecule has 1 rings (SSSR count). The molecule has 0 aliphatic carbocycles. The zero-order chi connectivity index (χ0) is 7.78. The van der Waals surface area contributed by atoms with Gasteiger partial charge in [-0.05, 0) is 0 Å². The highest BCUT2D eigenvalue weighted by Crippen LogP contribution is 2.01. The van der Waals surface area contributed by atoms with Crippen molar-refractivity contribution in [2.75, 3.05) is 5.75 Å². The summed E-state index contributed by atoms with van der Waals surface area (Å²) >= 11 is 0. The van der Waals surface area contributed by atoms with Crippen molar-refractivity contribution >= 4 is 21.7 Å². The van der Waals surface area contributed by atoms with E-state index < -0.39 is 27.5 Å². The summed E-state index contributed by atoms with van der Waals surface area (Å²) < 4.78 is 23.4. The van der Waals surface area contributed by atoms with E-state index in [4.69, 9.17) is 0 Å². The number of hydrogen-bond donors (Lipinski definition) is 0. The first-order valence-corrected chi connectivity index (χ1v) is 3.85. The van der Waals surface area contributed by atoms with E-state index in [1.54, 1.807) is 0 Å². The fourth-order valence-electron chi connectivity index (χ4n) is 0.411. The highest BCUT2D eigenvalue weighted by molar-refractivity contribution is 7.90. The fraction of sp³-hybridized carbons (Fsp3) is 0.333. The third-order valence-corrected chi connectivity index (χ3v) is 1.77. The number of amides is 1. The summed E-state index contributed by atoms with van der Waals surface area (Å²) in [5, 5.41) is 2.61. The molecule has 0 spiro atoms. The van der Waals surface area contributed by atoms with Gasteiger partial charge in [0.2, 0.25) is 5.78 Å². The summed E-state index contributed by atoms with van der Waals surface area (Å²) in [5.74, 6) is -2.99. The Labute approximate surface area is 56.0 Å². The zero-order valence-electron chi connectivity index (χ0n) is 4.64. The van der Waals surface area contributed by atoms with Crippen molar-refractivity contribution in [1.29, 1.82) is 0 Å². The van der Waals surface area contributed by atoms with E-state index in [2.05, 4.69) is 9.63 Å². The molecule has 54 valence electrons. The minimum Gasteiger partial charge on any atom is -0.287 e. The van der Waals surface area contributed by atoms with Gasteiger partial charge in [-0.3, -0.25) is 9.59 Å². The van der Waals surface area contributed by atoms with Crippen LogP contribution in [0.5, 0.6) is 0 Å². The number of sulfonamides is 1. The first kappa shape index (κ1) is 7.00. The highest BCUT2D eigenvalue weighted by Gasteiger charge is 2.27. The maximum atomic E-state index is 10.4. The van der Waals surface area contributed by atoms with Crippen molar-refractivity contribution < 1.29 is 18.0 Å². The molecule has 0 N–H and O–H groups in total. The van der Waals surface area contributed by atoms with E-state index in [9.17, 15) is 18.0 Å². The Morgan fingerprint density at radius 2 is 1.90 bits per heavy atom. The van der Waals surface area contributed by atoms with E-state index in [1.807, 2.05) is 0 Å². The molecule has 0 radical (unpaired) electrons. The molecule has 10 heavy (non-hydrogen) atoms. The molecule has 0 unspecified atom stereocenters. The Morgan fingerprint density at radius 3 is 2.30 bits per heavy atom. The van der Waals surface area contributed by atoms with E-state index in [1.165, 1.54) is 0 Å². The van der Waals surface area contributed by atoms with Crippen molar-refractivity contribution in [1.82, 2.24) is 0 Å². The minimum absolute atomic E-state index is 0.852. The van der Waals surface area contributed by atoms with Gasteiger partial charge < -0.3 is 0 Å². The van der Waals surface area contributed by atoms with Crippen LogP contribution >= 0.6 is 0 Å².